The zero-order valence-electron chi connectivity index (χ0n) is 15.0. The SMILES string of the molecule is COc1ccc(Cc2nc(-c3nccn3C)n(CC(C)(C)O)n2)cc1. The summed E-state index contributed by atoms with van der Waals surface area (Å²) >= 11 is 0. The predicted octanol–water partition coefficient (Wildman–Crippen LogP) is 2.05. The first-order valence-electron chi connectivity index (χ1n) is 8.12. The third-order valence-corrected chi connectivity index (χ3v) is 3.79. The number of aryl methyl sites for hydroxylation is 1. The lowest BCUT2D eigenvalue weighted by Gasteiger charge is -2.17. The summed E-state index contributed by atoms with van der Waals surface area (Å²) in [6, 6.07) is 7.83. The van der Waals surface area contributed by atoms with Crippen molar-refractivity contribution in [1.29, 1.82) is 0 Å². The minimum atomic E-state index is -0.898. The van der Waals surface area contributed by atoms with E-state index >= 15 is 0 Å². The lowest BCUT2D eigenvalue weighted by molar-refractivity contribution is 0.0580. The van der Waals surface area contributed by atoms with Gasteiger partial charge in [0.2, 0.25) is 0 Å². The maximum Gasteiger partial charge on any atom is 0.194 e. The third kappa shape index (κ3) is 4.06. The number of ether oxygens (including phenoxy) is 1. The molecule has 0 fully saturated rings. The molecule has 0 saturated heterocycles. The van der Waals surface area contributed by atoms with Crippen LogP contribution >= 0.6 is 0 Å². The van der Waals surface area contributed by atoms with E-state index < -0.39 is 5.60 Å². The molecule has 0 bridgehead atoms. The van der Waals surface area contributed by atoms with Gasteiger partial charge in [0.15, 0.2) is 17.5 Å². The monoisotopic (exact) mass is 341 g/mol. The van der Waals surface area contributed by atoms with Crippen LogP contribution in [0.1, 0.15) is 25.2 Å². The van der Waals surface area contributed by atoms with Crippen molar-refractivity contribution in [1.82, 2.24) is 24.3 Å². The molecule has 0 spiro atoms. The molecule has 0 unspecified atom stereocenters. The molecule has 3 rings (SSSR count). The Kier molecular flexibility index (Phi) is 4.59. The van der Waals surface area contributed by atoms with Gasteiger partial charge in [-0.15, -0.1) is 0 Å². The Morgan fingerprint density at radius 1 is 1.16 bits per heavy atom. The Morgan fingerprint density at radius 2 is 1.88 bits per heavy atom. The van der Waals surface area contributed by atoms with Gasteiger partial charge in [-0.3, -0.25) is 0 Å². The minimum Gasteiger partial charge on any atom is -0.497 e. The van der Waals surface area contributed by atoms with Gasteiger partial charge in [0.05, 0.1) is 19.3 Å². The Balaban J connectivity index is 1.93. The summed E-state index contributed by atoms with van der Waals surface area (Å²) in [4.78, 5) is 9.02. The van der Waals surface area contributed by atoms with Crippen molar-refractivity contribution in [3.8, 4) is 17.4 Å². The fourth-order valence-corrected chi connectivity index (χ4v) is 2.61. The van der Waals surface area contributed by atoms with Gasteiger partial charge in [0, 0.05) is 25.9 Å². The summed E-state index contributed by atoms with van der Waals surface area (Å²) in [7, 11) is 3.56. The molecule has 1 N–H and O–H groups in total. The van der Waals surface area contributed by atoms with Gasteiger partial charge in [-0.1, -0.05) is 12.1 Å². The van der Waals surface area contributed by atoms with E-state index in [4.69, 9.17) is 4.74 Å². The molecule has 0 amide bonds. The van der Waals surface area contributed by atoms with Crippen LogP contribution in [-0.4, -0.2) is 42.1 Å². The number of imidazole rings is 1. The molecule has 0 saturated carbocycles. The molecule has 2 aromatic heterocycles. The largest absolute Gasteiger partial charge is 0.497 e. The second kappa shape index (κ2) is 6.68. The van der Waals surface area contributed by atoms with Gasteiger partial charge in [-0.25, -0.2) is 14.6 Å². The van der Waals surface area contributed by atoms with Crippen LogP contribution in [0.25, 0.3) is 11.6 Å². The fraction of sp³-hybridized carbons (Fsp3) is 0.389. The number of hydrogen-bond donors (Lipinski definition) is 1. The molecular formula is C18H23N5O2. The van der Waals surface area contributed by atoms with Crippen LogP contribution in [0.2, 0.25) is 0 Å². The second-order valence-electron chi connectivity index (χ2n) is 6.71. The van der Waals surface area contributed by atoms with E-state index in [1.54, 1.807) is 31.8 Å². The Bertz CT molecular complexity index is 843. The van der Waals surface area contributed by atoms with E-state index in [9.17, 15) is 5.11 Å². The van der Waals surface area contributed by atoms with E-state index in [1.807, 2.05) is 42.1 Å². The average Bonchev–Trinajstić information content (AvgIpc) is 3.12. The van der Waals surface area contributed by atoms with Crippen molar-refractivity contribution < 1.29 is 9.84 Å². The molecule has 7 heteroatoms. The second-order valence-corrected chi connectivity index (χ2v) is 6.71. The molecule has 2 heterocycles. The van der Waals surface area contributed by atoms with Crippen LogP contribution in [-0.2, 0) is 20.0 Å². The van der Waals surface area contributed by atoms with Crippen molar-refractivity contribution >= 4 is 0 Å². The number of aliphatic hydroxyl groups is 1. The molecule has 1 aromatic carbocycles. The van der Waals surface area contributed by atoms with Crippen molar-refractivity contribution in [2.24, 2.45) is 7.05 Å². The lowest BCUT2D eigenvalue weighted by atomic mass is 10.1. The highest BCUT2D eigenvalue weighted by Gasteiger charge is 2.21. The molecule has 0 aliphatic heterocycles. The van der Waals surface area contributed by atoms with Crippen LogP contribution in [0, 0.1) is 0 Å². The van der Waals surface area contributed by atoms with Crippen LogP contribution < -0.4 is 4.74 Å². The van der Waals surface area contributed by atoms with Crippen LogP contribution in [0.4, 0.5) is 0 Å². The smallest absolute Gasteiger partial charge is 0.194 e. The van der Waals surface area contributed by atoms with Gasteiger partial charge >= 0.3 is 0 Å². The topological polar surface area (TPSA) is 78.0 Å². The fourth-order valence-electron chi connectivity index (χ4n) is 2.61. The molecule has 132 valence electrons. The highest BCUT2D eigenvalue weighted by Crippen LogP contribution is 2.19. The molecule has 0 atom stereocenters. The number of rotatable bonds is 6. The van der Waals surface area contributed by atoms with Crippen molar-refractivity contribution in [3.05, 3.63) is 48.0 Å². The highest BCUT2D eigenvalue weighted by atomic mass is 16.5. The first kappa shape index (κ1) is 17.2. The van der Waals surface area contributed by atoms with E-state index in [0.717, 1.165) is 17.1 Å². The molecule has 0 aliphatic rings. The van der Waals surface area contributed by atoms with Crippen LogP contribution in [0.15, 0.2) is 36.7 Å². The van der Waals surface area contributed by atoms with E-state index in [-0.39, 0.29) is 0 Å². The maximum atomic E-state index is 10.2. The van der Waals surface area contributed by atoms with Gasteiger partial charge in [-0.2, -0.15) is 5.10 Å². The average molecular weight is 341 g/mol. The first-order chi connectivity index (χ1) is 11.9. The van der Waals surface area contributed by atoms with Crippen molar-refractivity contribution in [2.45, 2.75) is 32.4 Å². The highest BCUT2D eigenvalue weighted by molar-refractivity contribution is 5.44. The predicted molar refractivity (Wildman–Crippen MR) is 94.3 cm³/mol. The Morgan fingerprint density at radius 3 is 2.44 bits per heavy atom. The van der Waals surface area contributed by atoms with Crippen molar-refractivity contribution in [2.75, 3.05) is 7.11 Å². The minimum absolute atomic E-state index is 0.338. The summed E-state index contributed by atoms with van der Waals surface area (Å²) in [5.41, 5.74) is 0.193. The van der Waals surface area contributed by atoms with Gasteiger partial charge < -0.3 is 14.4 Å². The molecule has 25 heavy (non-hydrogen) atoms. The van der Waals surface area contributed by atoms with Gasteiger partial charge in [-0.05, 0) is 31.5 Å². The first-order valence-corrected chi connectivity index (χ1v) is 8.12. The number of nitrogens with zero attached hydrogens (tertiary/aromatic N) is 5. The van der Waals surface area contributed by atoms with Crippen molar-refractivity contribution in [3.63, 3.8) is 0 Å². The zero-order valence-corrected chi connectivity index (χ0v) is 15.0. The zero-order chi connectivity index (χ0) is 18.0. The summed E-state index contributed by atoms with van der Waals surface area (Å²) < 4.78 is 8.80. The molecular weight excluding hydrogens is 318 g/mol. The van der Waals surface area contributed by atoms with Crippen LogP contribution in [0.5, 0.6) is 5.75 Å². The Labute approximate surface area is 146 Å². The summed E-state index contributed by atoms with van der Waals surface area (Å²) in [6.45, 7) is 3.84. The molecule has 0 aliphatic carbocycles. The standard InChI is InChI=1S/C18H23N5O2/c1-18(2,24)12-23-17(16-19-9-10-22(16)3)20-15(21-23)11-13-5-7-14(25-4)8-6-13/h5-10,24H,11-12H2,1-4H3. The number of aromatic nitrogens is 5. The number of methoxy groups -OCH3 is 1. The van der Waals surface area contributed by atoms with E-state index in [0.29, 0.717) is 24.6 Å². The number of benzene rings is 1. The summed E-state index contributed by atoms with van der Waals surface area (Å²) in [6.07, 6.45) is 4.18. The molecule has 7 nitrogen and oxygen atoms in total. The summed E-state index contributed by atoms with van der Waals surface area (Å²) in [5.74, 6) is 2.88. The maximum absolute atomic E-state index is 10.2. The number of hydrogen-bond acceptors (Lipinski definition) is 5. The van der Waals surface area contributed by atoms with E-state index in [1.165, 1.54) is 0 Å². The lowest BCUT2D eigenvalue weighted by Crippen LogP contribution is -2.27. The van der Waals surface area contributed by atoms with Crippen LogP contribution in [0.3, 0.4) is 0 Å². The summed E-state index contributed by atoms with van der Waals surface area (Å²) in [5, 5.41) is 14.8. The van der Waals surface area contributed by atoms with Gasteiger partial charge in [0.1, 0.15) is 5.75 Å². The Hall–Kier alpha value is -2.67. The van der Waals surface area contributed by atoms with Gasteiger partial charge in [0.25, 0.3) is 0 Å². The third-order valence-electron chi connectivity index (χ3n) is 3.79. The normalized spacial score (nSPS) is 11.7. The molecule has 0 radical (unpaired) electrons. The van der Waals surface area contributed by atoms with E-state index in [2.05, 4.69) is 15.1 Å². The molecule has 3 aromatic rings. The quantitative estimate of drug-likeness (QED) is 0.742.